The molecule has 84 valence electrons. The molecule has 0 aromatic carbocycles. The highest BCUT2D eigenvalue weighted by molar-refractivity contribution is 7.18. The van der Waals surface area contributed by atoms with Crippen LogP contribution in [0.4, 0.5) is 10.1 Å². The molecule has 1 atom stereocenters. The van der Waals surface area contributed by atoms with Crippen LogP contribution in [0.3, 0.4) is 0 Å². The lowest BCUT2D eigenvalue weighted by atomic mass is 10.2. The van der Waals surface area contributed by atoms with Gasteiger partial charge in [0.1, 0.15) is 6.20 Å². The van der Waals surface area contributed by atoms with Gasteiger partial charge in [0.05, 0.1) is 4.92 Å². The molecule has 0 radical (unpaired) electrons. The summed E-state index contributed by atoms with van der Waals surface area (Å²) in [7, 11) is 0. The number of anilines is 1. The van der Waals surface area contributed by atoms with Crippen LogP contribution in [0.25, 0.3) is 0 Å². The van der Waals surface area contributed by atoms with Crippen LogP contribution in [0.5, 0.6) is 0 Å². The Balaban J connectivity index is 2.59. The molecule has 0 aliphatic rings. The zero-order valence-corrected chi connectivity index (χ0v) is 9.29. The molecule has 3 N–H and O–H groups in total. The molecule has 1 aromatic rings. The minimum atomic E-state index is -0.444. The summed E-state index contributed by atoms with van der Waals surface area (Å²) in [4.78, 5) is 13.9. The van der Waals surface area contributed by atoms with Gasteiger partial charge in [0.15, 0.2) is 5.13 Å². The molecule has 15 heavy (non-hydrogen) atoms. The number of aromatic nitrogens is 1. The van der Waals surface area contributed by atoms with Crippen LogP contribution in [0, 0.1) is 10.1 Å². The van der Waals surface area contributed by atoms with E-state index in [0.717, 1.165) is 24.2 Å². The van der Waals surface area contributed by atoms with Crippen molar-refractivity contribution in [1.29, 1.82) is 0 Å². The molecule has 1 heterocycles. The van der Waals surface area contributed by atoms with E-state index in [-0.39, 0.29) is 11.0 Å². The molecule has 0 bridgehead atoms. The summed E-state index contributed by atoms with van der Waals surface area (Å²) in [5.74, 6) is 0. The van der Waals surface area contributed by atoms with E-state index in [9.17, 15) is 10.1 Å². The number of thiazole rings is 1. The van der Waals surface area contributed by atoms with Crippen molar-refractivity contribution in [2.45, 2.75) is 25.8 Å². The maximum atomic E-state index is 10.4. The Morgan fingerprint density at radius 3 is 3.00 bits per heavy atom. The zero-order valence-electron chi connectivity index (χ0n) is 8.47. The van der Waals surface area contributed by atoms with Gasteiger partial charge in [-0.3, -0.25) is 10.1 Å². The lowest BCUT2D eigenvalue weighted by Crippen LogP contribution is -2.28. The second-order valence-electron chi connectivity index (χ2n) is 3.13. The van der Waals surface area contributed by atoms with E-state index in [2.05, 4.69) is 17.2 Å². The van der Waals surface area contributed by atoms with Crippen molar-refractivity contribution in [3.05, 3.63) is 16.3 Å². The van der Waals surface area contributed by atoms with Crippen LogP contribution in [-0.2, 0) is 0 Å². The van der Waals surface area contributed by atoms with Crippen LogP contribution in [0.1, 0.15) is 19.8 Å². The zero-order chi connectivity index (χ0) is 11.3. The van der Waals surface area contributed by atoms with Crippen LogP contribution in [-0.4, -0.2) is 22.5 Å². The van der Waals surface area contributed by atoms with Gasteiger partial charge in [-0.25, -0.2) is 4.98 Å². The lowest BCUT2D eigenvalue weighted by molar-refractivity contribution is -0.380. The second kappa shape index (κ2) is 5.62. The number of nitro groups is 1. The topological polar surface area (TPSA) is 94.1 Å². The first-order chi connectivity index (χ1) is 7.17. The summed E-state index contributed by atoms with van der Waals surface area (Å²) in [6, 6.07) is 0.140. The van der Waals surface area contributed by atoms with Crippen molar-refractivity contribution < 1.29 is 4.92 Å². The lowest BCUT2D eigenvalue weighted by Gasteiger charge is -2.14. The summed E-state index contributed by atoms with van der Waals surface area (Å²) < 4.78 is 0. The van der Waals surface area contributed by atoms with Gasteiger partial charge in [0.2, 0.25) is 0 Å². The normalized spacial score (nSPS) is 12.4. The van der Waals surface area contributed by atoms with Gasteiger partial charge in [0.25, 0.3) is 0 Å². The molecule has 0 saturated heterocycles. The third-order valence-corrected chi connectivity index (χ3v) is 2.80. The van der Waals surface area contributed by atoms with E-state index in [1.165, 1.54) is 6.20 Å². The van der Waals surface area contributed by atoms with E-state index >= 15 is 0 Å². The van der Waals surface area contributed by atoms with Crippen LogP contribution < -0.4 is 11.1 Å². The molecule has 0 saturated carbocycles. The summed E-state index contributed by atoms with van der Waals surface area (Å²) in [6.45, 7) is 2.57. The highest BCUT2D eigenvalue weighted by atomic mass is 32.1. The number of nitrogens with zero attached hydrogens (tertiary/aromatic N) is 2. The number of rotatable bonds is 6. The molecular formula is C8H14N4O2S. The second-order valence-corrected chi connectivity index (χ2v) is 4.14. The first-order valence-electron chi connectivity index (χ1n) is 4.74. The fraction of sp³-hybridized carbons (Fsp3) is 0.625. The first kappa shape index (κ1) is 11.9. The summed E-state index contributed by atoms with van der Waals surface area (Å²) in [5, 5.41) is 14.1. The fourth-order valence-corrected chi connectivity index (χ4v) is 1.90. The number of nitrogens with one attached hydrogen (secondary N) is 1. The Hall–Kier alpha value is -1.21. The minimum Gasteiger partial charge on any atom is -0.357 e. The van der Waals surface area contributed by atoms with Crippen LogP contribution >= 0.6 is 11.3 Å². The minimum absolute atomic E-state index is 0.0461. The monoisotopic (exact) mass is 230 g/mol. The number of hydrogen-bond donors (Lipinski definition) is 2. The van der Waals surface area contributed by atoms with Crippen molar-refractivity contribution in [2.24, 2.45) is 5.73 Å². The average Bonchev–Trinajstić information content (AvgIpc) is 2.65. The largest absolute Gasteiger partial charge is 0.357 e. The Labute approximate surface area is 91.7 Å². The smallest absolute Gasteiger partial charge is 0.345 e. The van der Waals surface area contributed by atoms with Gasteiger partial charge >= 0.3 is 5.00 Å². The van der Waals surface area contributed by atoms with Gasteiger partial charge in [0, 0.05) is 12.6 Å². The van der Waals surface area contributed by atoms with E-state index in [0.29, 0.717) is 11.7 Å². The molecule has 0 aliphatic heterocycles. The fourth-order valence-electron chi connectivity index (χ4n) is 1.19. The van der Waals surface area contributed by atoms with Crippen molar-refractivity contribution in [1.82, 2.24) is 4.98 Å². The molecule has 1 unspecified atom stereocenters. The molecule has 0 aliphatic carbocycles. The highest BCUT2D eigenvalue weighted by Crippen LogP contribution is 2.25. The summed E-state index contributed by atoms with van der Waals surface area (Å²) in [6.07, 6.45) is 3.21. The van der Waals surface area contributed by atoms with E-state index in [1.807, 2.05) is 0 Å². The molecule has 6 nitrogen and oxygen atoms in total. The maximum absolute atomic E-state index is 10.4. The summed E-state index contributed by atoms with van der Waals surface area (Å²) in [5.41, 5.74) is 5.55. The average molecular weight is 230 g/mol. The Kier molecular flexibility index (Phi) is 4.44. The standard InChI is InChI=1S/C8H14N4O2S/c1-2-3-6(4-9)11-8-10-5-7(15-8)12(13)14/h5-6H,2-4,9H2,1H3,(H,10,11). The third-order valence-electron chi connectivity index (χ3n) is 1.92. The van der Waals surface area contributed by atoms with Crippen molar-refractivity contribution in [3.8, 4) is 0 Å². The molecule has 7 heteroatoms. The number of hydrogen-bond acceptors (Lipinski definition) is 6. The van der Waals surface area contributed by atoms with Crippen molar-refractivity contribution in [2.75, 3.05) is 11.9 Å². The molecule has 0 spiro atoms. The van der Waals surface area contributed by atoms with Gasteiger partial charge in [-0.1, -0.05) is 13.3 Å². The van der Waals surface area contributed by atoms with Gasteiger partial charge < -0.3 is 11.1 Å². The predicted molar refractivity (Wildman–Crippen MR) is 60.1 cm³/mol. The third kappa shape index (κ3) is 3.45. The Morgan fingerprint density at radius 2 is 2.53 bits per heavy atom. The quantitative estimate of drug-likeness (QED) is 0.571. The van der Waals surface area contributed by atoms with E-state index < -0.39 is 4.92 Å². The SMILES string of the molecule is CCCC(CN)Nc1ncc([N+](=O)[O-])s1. The maximum Gasteiger partial charge on any atom is 0.345 e. The molecule has 0 fully saturated rings. The van der Waals surface area contributed by atoms with Gasteiger partial charge in [-0.2, -0.15) is 0 Å². The molecule has 1 aromatic heterocycles. The predicted octanol–water partition coefficient (Wildman–Crippen LogP) is 1.59. The highest BCUT2D eigenvalue weighted by Gasteiger charge is 2.13. The van der Waals surface area contributed by atoms with Crippen molar-refractivity contribution >= 4 is 21.5 Å². The first-order valence-corrected chi connectivity index (χ1v) is 5.55. The summed E-state index contributed by atoms with van der Waals surface area (Å²) >= 11 is 1.03. The molecule has 0 amide bonds. The Bertz CT molecular complexity index is 328. The van der Waals surface area contributed by atoms with Gasteiger partial charge in [-0.15, -0.1) is 0 Å². The van der Waals surface area contributed by atoms with Crippen LogP contribution in [0.2, 0.25) is 0 Å². The molecular weight excluding hydrogens is 216 g/mol. The van der Waals surface area contributed by atoms with E-state index in [1.54, 1.807) is 0 Å². The van der Waals surface area contributed by atoms with Gasteiger partial charge in [-0.05, 0) is 17.8 Å². The van der Waals surface area contributed by atoms with Crippen LogP contribution in [0.15, 0.2) is 6.20 Å². The van der Waals surface area contributed by atoms with Crippen molar-refractivity contribution in [3.63, 3.8) is 0 Å². The molecule has 1 rings (SSSR count). The number of nitrogens with two attached hydrogens (primary N) is 1. The van der Waals surface area contributed by atoms with E-state index in [4.69, 9.17) is 5.73 Å². The Morgan fingerprint density at radius 1 is 1.80 bits per heavy atom.